The van der Waals surface area contributed by atoms with Crippen molar-refractivity contribution in [3.8, 4) is 0 Å². The summed E-state index contributed by atoms with van der Waals surface area (Å²) in [5.74, 6) is -0.788. The van der Waals surface area contributed by atoms with E-state index in [-0.39, 0.29) is 5.82 Å². The lowest BCUT2D eigenvalue weighted by Crippen LogP contribution is -2.49. The normalized spacial score (nSPS) is 22.6. The Morgan fingerprint density at radius 2 is 2.06 bits per heavy atom. The summed E-state index contributed by atoms with van der Waals surface area (Å²) in [5.41, 5.74) is 7.24. The summed E-state index contributed by atoms with van der Waals surface area (Å²) in [6.45, 7) is 2.72. The minimum Gasteiger partial charge on any atom is -0.397 e. The third-order valence-electron chi connectivity index (χ3n) is 3.56. The highest BCUT2D eigenvalue weighted by molar-refractivity contribution is 5.67. The van der Waals surface area contributed by atoms with Crippen LogP contribution in [0.5, 0.6) is 0 Å². The minimum absolute atomic E-state index is 0.271. The molecule has 0 radical (unpaired) electrons. The lowest BCUT2D eigenvalue weighted by molar-refractivity contribution is -0.161. The Kier molecular flexibility index (Phi) is 2.87. The Morgan fingerprint density at radius 1 is 1.28 bits per heavy atom. The van der Waals surface area contributed by atoms with Gasteiger partial charge in [0.25, 0.3) is 0 Å². The summed E-state index contributed by atoms with van der Waals surface area (Å²) in [5, 5.41) is 0. The second kappa shape index (κ2) is 4.40. The van der Waals surface area contributed by atoms with Crippen molar-refractivity contribution in [3.63, 3.8) is 0 Å². The summed E-state index contributed by atoms with van der Waals surface area (Å²) in [7, 11) is 0. The predicted octanol–water partition coefficient (Wildman–Crippen LogP) is 1.75. The topological polar surface area (TPSA) is 47.7 Å². The van der Waals surface area contributed by atoms with Gasteiger partial charge in [0.05, 0.1) is 31.1 Å². The molecule has 0 aliphatic carbocycles. The number of hydrogen-bond donors (Lipinski definition) is 1. The van der Waals surface area contributed by atoms with Gasteiger partial charge in [-0.2, -0.15) is 0 Å². The molecule has 18 heavy (non-hydrogen) atoms. The standard InChI is InChI=1S/C13H17FN2O2/c14-10-2-3-11(15)12(8-10)16-5-1-4-13(9-16)17-6-7-18-13/h2-3,8H,1,4-7,9,15H2. The maximum Gasteiger partial charge on any atom is 0.186 e. The van der Waals surface area contributed by atoms with Crippen molar-refractivity contribution in [2.45, 2.75) is 18.6 Å². The van der Waals surface area contributed by atoms with Crippen LogP contribution < -0.4 is 10.6 Å². The largest absolute Gasteiger partial charge is 0.397 e. The first kappa shape index (κ1) is 11.7. The van der Waals surface area contributed by atoms with Crippen molar-refractivity contribution in [3.05, 3.63) is 24.0 Å². The molecule has 4 nitrogen and oxygen atoms in total. The highest BCUT2D eigenvalue weighted by Gasteiger charge is 2.41. The number of piperidine rings is 1. The first-order valence-corrected chi connectivity index (χ1v) is 6.26. The van der Waals surface area contributed by atoms with Gasteiger partial charge in [-0.25, -0.2) is 4.39 Å². The van der Waals surface area contributed by atoms with Gasteiger partial charge in [0.2, 0.25) is 0 Å². The number of nitrogens with two attached hydrogens (primary N) is 1. The first-order chi connectivity index (χ1) is 8.69. The van der Waals surface area contributed by atoms with Gasteiger partial charge in [-0.05, 0) is 24.6 Å². The zero-order chi connectivity index (χ0) is 12.6. The van der Waals surface area contributed by atoms with Crippen LogP contribution in [0.3, 0.4) is 0 Å². The van der Waals surface area contributed by atoms with E-state index in [9.17, 15) is 4.39 Å². The Balaban J connectivity index is 1.85. The van der Waals surface area contributed by atoms with E-state index in [0.717, 1.165) is 25.1 Å². The summed E-state index contributed by atoms with van der Waals surface area (Å²) < 4.78 is 24.7. The maximum absolute atomic E-state index is 13.3. The number of nitrogen functional groups attached to an aromatic ring is 1. The zero-order valence-electron chi connectivity index (χ0n) is 10.2. The van der Waals surface area contributed by atoms with E-state index in [1.165, 1.54) is 12.1 Å². The molecule has 5 heteroatoms. The summed E-state index contributed by atoms with van der Waals surface area (Å²) >= 11 is 0. The van der Waals surface area contributed by atoms with Gasteiger partial charge in [-0.3, -0.25) is 0 Å². The second-order valence-electron chi connectivity index (χ2n) is 4.84. The molecular formula is C13H17FN2O2. The van der Waals surface area contributed by atoms with Crippen LogP contribution in [-0.2, 0) is 9.47 Å². The van der Waals surface area contributed by atoms with Crippen LogP contribution in [0, 0.1) is 5.82 Å². The van der Waals surface area contributed by atoms with Crippen LogP contribution in [0.2, 0.25) is 0 Å². The zero-order valence-corrected chi connectivity index (χ0v) is 10.2. The number of anilines is 2. The number of halogens is 1. The second-order valence-corrected chi connectivity index (χ2v) is 4.84. The first-order valence-electron chi connectivity index (χ1n) is 6.26. The van der Waals surface area contributed by atoms with E-state index in [2.05, 4.69) is 0 Å². The Labute approximate surface area is 105 Å². The Morgan fingerprint density at radius 3 is 2.83 bits per heavy atom. The molecule has 2 saturated heterocycles. The Hall–Kier alpha value is -1.33. The summed E-state index contributed by atoms with van der Waals surface area (Å²) in [6, 6.07) is 4.45. The van der Waals surface area contributed by atoms with Crippen LogP contribution in [0.4, 0.5) is 15.8 Å². The van der Waals surface area contributed by atoms with Crippen molar-refractivity contribution in [1.82, 2.24) is 0 Å². The van der Waals surface area contributed by atoms with E-state index < -0.39 is 5.79 Å². The van der Waals surface area contributed by atoms with Crippen LogP contribution in [-0.4, -0.2) is 32.1 Å². The fourth-order valence-corrected chi connectivity index (χ4v) is 2.72. The number of nitrogens with zero attached hydrogens (tertiary/aromatic N) is 1. The molecule has 1 aromatic rings. The van der Waals surface area contributed by atoms with Crippen LogP contribution in [0.15, 0.2) is 18.2 Å². The smallest absolute Gasteiger partial charge is 0.186 e. The summed E-state index contributed by atoms with van der Waals surface area (Å²) in [6.07, 6.45) is 1.84. The fraction of sp³-hybridized carbons (Fsp3) is 0.538. The van der Waals surface area contributed by atoms with Crippen LogP contribution in [0.1, 0.15) is 12.8 Å². The molecule has 0 amide bonds. The van der Waals surface area contributed by atoms with E-state index >= 15 is 0 Å². The fourth-order valence-electron chi connectivity index (χ4n) is 2.72. The quantitative estimate of drug-likeness (QED) is 0.774. The lowest BCUT2D eigenvalue weighted by Gasteiger charge is -2.40. The molecule has 1 aromatic carbocycles. The van der Waals surface area contributed by atoms with Crippen molar-refractivity contribution in [1.29, 1.82) is 0 Å². The molecule has 1 spiro atoms. The molecule has 0 saturated carbocycles. The molecule has 2 fully saturated rings. The third kappa shape index (κ3) is 2.04. The third-order valence-corrected chi connectivity index (χ3v) is 3.56. The van der Waals surface area contributed by atoms with Crippen molar-refractivity contribution >= 4 is 11.4 Å². The van der Waals surface area contributed by atoms with Gasteiger partial charge >= 0.3 is 0 Å². The van der Waals surface area contributed by atoms with Crippen LogP contribution >= 0.6 is 0 Å². The Bertz CT molecular complexity index is 447. The monoisotopic (exact) mass is 252 g/mol. The van der Waals surface area contributed by atoms with Crippen molar-refractivity contribution in [2.24, 2.45) is 0 Å². The number of rotatable bonds is 1. The molecule has 2 aliphatic rings. The van der Waals surface area contributed by atoms with Gasteiger partial charge in [-0.1, -0.05) is 0 Å². The minimum atomic E-state index is -0.517. The molecule has 3 rings (SSSR count). The molecule has 0 bridgehead atoms. The van der Waals surface area contributed by atoms with Gasteiger partial charge < -0.3 is 20.1 Å². The summed E-state index contributed by atoms with van der Waals surface area (Å²) in [4.78, 5) is 2.05. The molecule has 0 aromatic heterocycles. The maximum atomic E-state index is 13.3. The number of ether oxygens (including phenoxy) is 2. The van der Waals surface area contributed by atoms with Crippen molar-refractivity contribution in [2.75, 3.05) is 36.9 Å². The van der Waals surface area contributed by atoms with E-state index in [1.807, 2.05) is 4.90 Å². The molecule has 0 atom stereocenters. The molecule has 0 unspecified atom stereocenters. The molecule has 2 N–H and O–H groups in total. The highest BCUT2D eigenvalue weighted by atomic mass is 19.1. The lowest BCUT2D eigenvalue weighted by atomic mass is 10.0. The molecular weight excluding hydrogens is 235 g/mol. The van der Waals surface area contributed by atoms with E-state index in [4.69, 9.17) is 15.2 Å². The average Bonchev–Trinajstić information content (AvgIpc) is 2.80. The number of benzene rings is 1. The molecule has 2 aliphatic heterocycles. The molecule has 2 heterocycles. The van der Waals surface area contributed by atoms with Gasteiger partial charge in [-0.15, -0.1) is 0 Å². The average molecular weight is 252 g/mol. The van der Waals surface area contributed by atoms with E-state index in [0.29, 0.717) is 25.4 Å². The van der Waals surface area contributed by atoms with Crippen molar-refractivity contribution < 1.29 is 13.9 Å². The highest BCUT2D eigenvalue weighted by Crippen LogP contribution is 2.34. The van der Waals surface area contributed by atoms with Gasteiger partial charge in [0, 0.05) is 13.0 Å². The number of hydrogen-bond acceptors (Lipinski definition) is 4. The van der Waals surface area contributed by atoms with E-state index in [1.54, 1.807) is 6.07 Å². The predicted molar refractivity (Wildman–Crippen MR) is 66.9 cm³/mol. The van der Waals surface area contributed by atoms with Crippen LogP contribution in [0.25, 0.3) is 0 Å². The van der Waals surface area contributed by atoms with Gasteiger partial charge in [0.1, 0.15) is 5.82 Å². The SMILES string of the molecule is Nc1ccc(F)cc1N1CCCC2(C1)OCCO2. The molecule has 98 valence electrons. The van der Waals surface area contributed by atoms with Gasteiger partial charge in [0.15, 0.2) is 5.79 Å².